The molecule has 0 atom stereocenters. The van der Waals surface area contributed by atoms with Crippen molar-refractivity contribution in [2.45, 2.75) is 31.2 Å². The number of imide groups is 1. The van der Waals surface area contributed by atoms with Gasteiger partial charge in [0.2, 0.25) is 5.91 Å². The molecule has 0 spiro atoms. The number of halogens is 1. The maximum Gasteiger partial charge on any atom is 0.324 e. The van der Waals surface area contributed by atoms with Gasteiger partial charge in [0.15, 0.2) is 11.6 Å². The molecule has 1 aromatic rings. The SMILES string of the molecule is O=C1CN(CCOCCNNC2(c3ccc(F)c(OCC4CC4)c3)CC2)C(=O)N1. The van der Waals surface area contributed by atoms with Gasteiger partial charge >= 0.3 is 6.03 Å². The Morgan fingerprint density at radius 3 is 2.76 bits per heavy atom. The normalized spacial score (nSPS) is 20.1. The number of hydrogen-bond acceptors (Lipinski definition) is 6. The molecule has 3 fully saturated rings. The summed E-state index contributed by atoms with van der Waals surface area (Å²) in [5.41, 5.74) is 7.32. The summed E-state index contributed by atoms with van der Waals surface area (Å²) in [5.74, 6) is 0.306. The molecule has 29 heavy (non-hydrogen) atoms. The largest absolute Gasteiger partial charge is 0.490 e. The van der Waals surface area contributed by atoms with Gasteiger partial charge in [-0.3, -0.25) is 15.5 Å². The number of hydrazine groups is 1. The number of hydrogen-bond donors (Lipinski definition) is 3. The van der Waals surface area contributed by atoms with Crippen molar-refractivity contribution in [3.05, 3.63) is 29.6 Å². The molecular formula is C20H27FN4O4. The van der Waals surface area contributed by atoms with Crippen molar-refractivity contribution in [3.8, 4) is 5.75 Å². The standard InChI is InChI=1S/C20H27FN4O4/c21-16-4-3-15(11-17(16)29-13-14-1-2-14)20(5-6-20)24-22-7-9-28-10-8-25-12-18(26)23-19(25)27/h3-4,11,14,22,24H,1-2,5-10,12-13H2,(H,23,26,27). The number of nitrogens with one attached hydrogen (secondary N) is 3. The molecule has 0 unspecified atom stereocenters. The first-order valence-electron chi connectivity index (χ1n) is 10.2. The third kappa shape index (κ3) is 5.23. The van der Waals surface area contributed by atoms with E-state index >= 15 is 0 Å². The van der Waals surface area contributed by atoms with Crippen LogP contribution in [0.3, 0.4) is 0 Å². The zero-order valence-electron chi connectivity index (χ0n) is 16.3. The van der Waals surface area contributed by atoms with Crippen LogP contribution in [-0.2, 0) is 15.1 Å². The Kier molecular flexibility index (Phi) is 5.98. The van der Waals surface area contributed by atoms with Gasteiger partial charge in [-0.05, 0) is 49.3 Å². The third-order valence-electron chi connectivity index (χ3n) is 5.48. The summed E-state index contributed by atoms with van der Waals surface area (Å²) in [6.45, 7) is 2.48. The molecule has 0 aromatic heterocycles. The van der Waals surface area contributed by atoms with Gasteiger partial charge in [0.1, 0.15) is 6.54 Å². The molecule has 3 N–H and O–H groups in total. The first kappa shape index (κ1) is 20.1. The molecule has 8 nitrogen and oxygen atoms in total. The summed E-state index contributed by atoms with van der Waals surface area (Å²) in [4.78, 5) is 23.9. The van der Waals surface area contributed by atoms with E-state index in [4.69, 9.17) is 9.47 Å². The van der Waals surface area contributed by atoms with Crippen LogP contribution in [0.25, 0.3) is 0 Å². The minimum Gasteiger partial charge on any atom is -0.490 e. The smallest absolute Gasteiger partial charge is 0.324 e. The van der Waals surface area contributed by atoms with Crippen molar-refractivity contribution in [3.63, 3.8) is 0 Å². The molecule has 1 saturated heterocycles. The predicted molar refractivity (Wildman–Crippen MR) is 103 cm³/mol. The van der Waals surface area contributed by atoms with Crippen LogP contribution in [0.4, 0.5) is 9.18 Å². The highest BCUT2D eigenvalue weighted by Gasteiger charge is 2.44. The molecule has 2 aliphatic carbocycles. The lowest BCUT2D eigenvalue weighted by atomic mass is 10.1. The second-order valence-electron chi connectivity index (χ2n) is 7.92. The second-order valence-corrected chi connectivity index (χ2v) is 7.92. The quantitative estimate of drug-likeness (QED) is 0.275. The topological polar surface area (TPSA) is 91.9 Å². The van der Waals surface area contributed by atoms with Crippen LogP contribution in [0.2, 0.25) is 0 Å². The Bertz CT molecular complexity index is 767. The van der Waals surface area contributed by atoms with E-state index in [1.54, 1.807) is 12.1 Å². The second kappa shape index (κ2) is 8.64. The summed E-state index contributed by atoms with van der Waals surface area (Å²) in [6.07, 6.45) is 4.27. The molecular weight excluding hydrogens is 379 g/mol. The molecule has 2 saturated carbocycles. The average molecular weight is 406 g/mol. The number of ether oxygens (including phenoxy) is 2. The molecule has 3 amide bonds. The number of nitrogens with zero attached hydrogens (tertiary/aromatic N) is 1. The highest BCUT2D eigenvalue weighted by Crippen LogP contribution is 2.46. The van der Waals surface area contributed by atoms with Crippen LogP contribution in [0, 0.1) is 11.7 Å². The number of rotatable bonds is 12. The molecule has 9 heteroatoms. The lowest BCUT2D eigenvalue weighted by Crippen LogP contribution is -2.42. The fourth-order valence-electron chi connectivity index (χ4n) is 3.31. The molecule has 0 bridgehead atoms. The third-order valence-corrected chi connectivity index (χ3v) is 5.48. The van der Waals surface area contributed by atoms with E-state index in [0.717, 1.165) is 18.4 Å². The number of benzene rings is 1. The Labute approximate surface area is 169 Å². The minimum atomic E-state index is -0.367. The lowest BCUT2D eigenvalue weighted by Gasteiger charge is -2.20. The van der Waals surface area contributed by atoms with Gasteiger partial charge in [-0.1, -0.05) is 6.07 Å². The summed E-state index contributed by atoms with van der Waals surface area (Å²) in [5, 5.41) is 2.23. The van der Waals surface area contributed by atoms with Crippen LogP contribution in [0.15, 0.2) is 18.2 Å². The number of carbonyl (C=O) groups is 2. The van der Waals surface area contributed by atoms with Crippen molar-refractivity contribution in [2.24, 2.45) is 5.92 Å². The Morgan fingerprint density at radius 2 is 2.07 bits per heavy atom. The Balaban J connectivity index is 1.16. The summed E-state index contributed by atoms with van der Waals surface area (Å²) in [6, 6.07) is 4.72. The maximum absolute atomic E-state index is 14.0. The Morgan fingerprint density at radius 1 is 1.24 bits per heavy atom. The summed E-state index contributed by atoms with van der Waals surface area (Å²) < 4.78 is 25.2. The molecule has 4 rings (SSSR count). The number of urea groups is 1. The van der Waals surface area contributed by atoms with Crippen LogP contribution < -0.4 is 20.9 Å². The fraction of sp³-hybridized carbons (Fsp3) is 0.600. The maximum atomic E-state index is 14.0. The van der Waals surface area contributed by atoms with Crippen LogP contribution >= 0.6 is 0 Å². The van der Waals surface area contributed by atoms with E-state index in [0.29, 0.717) is 44.6 Å². The monoisotopic (exact) mass is 406 g/mol. The molecule has 1 aliphatic heterocycles. The van der Waals surface area contributed by atoms with E-state index in [9.17, 15) is 14.0 Å². The van der Waals surface area contributed by atoms with Crippen molar-refractivity contribution in [1.82, 2.24) is 21.1 Å². The number of amides is 3. The van der Waals surface area contributed by atoms with Gasteiger partial charge in [-0.2, -0.15) is 0 Å². The lowest BCUT2D eigenvalue weighted by molar-refractivity contribution is -0.118. The van der Waals surface area contributed by atoms with Gasteiger partial charge in [0.05, 0.1) is 25.4 Å². The van der Waals surface area contributed by atoms with Crippen LogP contribution in [0.1, 0.15) is 31.2 Å². The predicted octanol–water partition coefficient (Wildman–Crippen LogP) is 1.27. The van der Waals surface area contributed by atoms with Gasteiger partial charge in [-0.25, -0.2) is 14.6 Å². The summed E-state index contributed by atoms with van der Waals surface area (Å²) >= 11 is 0. The summed E-state index contributed by atoms with van der Waals surface area (Å²) in [7, 11) is 0. The molecule has 0 radical (unpaired) electrons. The van der Waals surface area contributed by atoms with Gasteiger partial charge in [0, 0.05) is 13.1 Å². The van der Waals surface area contributed by atoms with E-state index in [1.165, 1.54) is 23.8 Å². The van der Waals surface area contributed by atoms with E-state index in [2.05, 4.69) is 16.2 Å². The zero-order chi connectivity index (χ0) is 20.3. The average Bonchev–Trinajstić information content (AvgIpc) is 3.61. The van der Waals surface area contributed by atoms with Crippen LogP contribution in [-0.4, -0.2) is 56.3 Å². The van der Waals surface area contributed by atoms with Gasteiger partial charge in [-0.15, -0.1) is 0 Å². The first-order valence-corrected chi connectivity index (χ1v) is 10.2. The zero-order valence-corrected chi connectivity index (χ0v) is 16.3. The highest BCUT2D eigenvalue weighted by atomic mass is 19.1. The Hall–Kier alpha value is -2.23. The van der Waals surface area contributed by atoms with Crippen molar-refractivity contribution < 1.29 is 23.5 Å². The molecule has 1 heterocycles. The van der Waals surface area contributed by atoms with E-state index in [1.807, 2.05) is 0 Å². The van der Waals surface area contributed by atoms with E-state index < -0.39 is 0 Å². The molecule has 1 aromatic carbocycles. The molecule has 158 valence electrons. The van der Waals surface area contributed by atoms with E-state index in [-0.39, 0.29) is 29.8 Å². The fourth-order valence-corrected chi connectivity index (χ4v) is 3.31. The van der Waals surface area contributed by atoms with Crippen LogP contribution in [0.5, 0.6) is 5.75 Å². The van der Waals surface area contributed by atoms with Crippen molar-refractivity contribution in [2.75, 3.05) is 39.5 Å². The molecule has 3 aliphatic rings. The number of carbonyl (C=O) groups excluding carboxylic acids is 2. The van der Waals surface area contributed by atoms with Crippen molar-refractivity contribution in [1.29, 1.82) is 0 Å². The minimum absolute atomic E-state index is 0.0918. The highest BCUT2D eigenvalue weighted by molar-refractivity contribution is 6.01. The van der Waals surface area contributed by atoms with Crippen molar-refractivity contribution >= 4 is 11.9 Å². The van der Waals surface area contributed by atoms with Gasteiger partial charge < -0.3 is 14.4 Å². The first-order chi connectivity index (χ1) is 14.1. The van der Waals surface area contributed by atoms with Gasteiger partial charge in [0.25, 0.3) is 0 Å².